The molecule has 1 fully saturated rings. The number of Topliss-reactive ketones (excluding diaryl/α,β-unsaturated/α-hetero) is 1. The molecule has 8 heteroatoms. The molecule has 1 amide bonds. The second-order valence-corrected chi connectivity index (χ2v) is 8.24. The lowest BCUT2D eigenvalue weighted by Crippen LogP contribution is -2.29. The van der Waals surface area contributed by atoms with Gasteiger partial charge >= 0.3 is 0 Å². The lowest BCUT2D eigenvalue weighted by atomic mass is 9.95. The molecule has 162 valence electrons. The number of likely N-dealkylation sites (tertiary alicyclic amines) is 1. The first kappa shape index (κ1) is 22.0. The van der Waals surface area contributed by atoms with Gasteiger partial charge in [0.1, 0.15) is 11.6 Å². The van der Waals surface area contributed by atoms with Gasteiger partial charge < -0.3 is 10.0 Å². The van der Waals surface area contributed by atoms with Crippen molar-refractivity contribution in [2.45, 2.75) is 19.5 Å². The predicted octanol–water partition coefficient (Wildman–Crippen LogP) is 5.46. The highest BCUT2D eigenvalue weighted by Crippen LogP contribution is 2.41. The molecule has 1 aromatic heterocycles. The van der Waals surface area contributed by atoms with E-state index in [9.17, 15) is 19.1 Å². The molecule has 3 aromatic rings. The van der Waals surface area contributed by atoms with E-state index in [0.717, 1.165) is 6.07 Å². The maximum absolute atomic E-state index is 14.1. The van der Waals surface area contributed by atoms with Crippen LogP contribution in [0.15, 0.2) is 66.5 Å². The molecule has 4 rings (SSSR count). The molecular weight excluding hydrogens is 454 g/mol. The molecule has 0 radical (unpaired) electrons. The van der Waals surface area contributed by atoms with E-state index in [0.29, 0.717) is 21.7 Å². The summed E-state index contributed by atoms with van der Waals surface area (Å²) in [7, 11) is 0. The molecule has 5 nitrogen and oxygen atoms in total. The molecule has 0 aliphatic carbocycles. The number of amides is 1. The van der Waals surface area contributed by atoms with Crippen molar-refractivity contribution in [3.8, 4) is 0 Å². The van der Waals surface area contributed by atoms with Crippen LogP contribution < -0.4 is 0 Å². The van der Waals surface area contributed by atoms with E-state index in [4.69, 9.17) is 23.2 Å². The minimum atomic E-state index is -0.950. The Morgan fingerprint density at radius 2 is 1.91 bits per heavy atom. The van der Waals surface area contributed by atoms with E-state index >= 15 is 0 Å². The highest BCUT2D eigenvalue weighted by atomic mass is 35.5. The number of nitrogens with zero attached hydrogens (tertiary/aromatic N) is 2. The zero-order valence-corrected chi connectivity index (χ0v) is 18.4. The summed E-state index contributed by atoms with van der Waals surface area (Å²) in [4.78, 5) is 31.4. The fourth-order valence-electron chi connectivity index (χ4n) is 3.66. The van der Waals surface area contributed by atoms with E-state index in [2.05, 4.69) is 4.98 Å². The highest BCUT2D eigenvalue weighted by Gasteiger charge is 2.46. The number of aliphatic hydroxyl groups excluding tert-OH is 1. The van der Waals surface area contributed by atoms with Crippen LogP contribution >= 0.6 is 23.2 Å². The van der Waals surface area contributed by atoms with Gasteiger partial charge in [-0.2, -0.15) is 0 Å². The number of ketones is 1. The summed E-state index contributed by atoms with van der Waals surface area (Å²) in [5.41, 5.74) is 1.51. The third-order valence-corrected chi connectivity index (χ3v) is 6.06. The number of benzene rings is 2. The summed E-state index contributed by atoms with van der Waals surface area (Å²) in [6.07, 6.45) is 3.18. The minimum Gasteiger partial charge on any atom is -0.507 e. The number of pyridine rings is 1. The van der Waals surface area contributed by atoms with Gasteiger partial charge in [0.2, 0.25) is 0 Å². The van der Waals surface area contributed by atoms with Gasteiger partial charge in [-0.15, -0.1) is 0 Å². The molecule has 2 aromatic carbocycles. The number of aromatic nitrogens is 1. The van der Waals surface area contributed by atoms with Crippen molar-refractivity contribution in [3.63, 3.8) is 0 Å². The maximum Gasteiger partial charge on any atom is 0.295 e. The first-order chi connectivity index (χ1) is 15.3. The molecule has 0 spiro atoms. The van der Waals surface area contributed by atoms with Crippen molar-refractivity contribution in [1.82, 2.24) is 9.88 Å². The smallest absolute Gasteiger partial charge is 0.295 e. The van der Waals surface area contributed by atoms with Crippen molar-refractivity contribution < 1.29 is 19.1 Å². The Kier molecular flexibility index (Phi) is 6.00. The number of carbonyl (C=O) groups is 2. The number of carbonyl (C=O) groups excluding carboxylic acids is 2. The summed E-state index contributed by atoms with van der Waals surface area (Å²) in [5, 5.41) is 11.5. The summed E-state index contributed by atoms with van der Waals surface area (Å²) in [5.74, 6) is -2.67. The SMILES string of the molecule is Cc1ccc(/C(O)=C2/C(=O)C(=O)N(Cc3cccnc3)C2c2ccc(Cl)c(Cl)c2)cc1F. The zero-order valence-electron chi connectivity index (χ0n) is 16.8. The first-order valence-corrected chi connectivity index (χ1v) is 10.4. The van der Waals surface area contributed by atoms with E-state index < -0.39 is 29.3 Å². The van der Waals surface area contributed by atoms with Crippen LogP contribution in [0.3, 0.4) is 0 Å². The van der Waals surface area contributed by atoms with Crippen LogP contribution in [0.5, 0.6) is 0 Å². The van der Waals surface area contributed by atoms with E-state index in [-0.39, 0.29) is 22.7 Å². The topological polar surface area (TPSA) is 70.5 Å². The molecule has 0 bridgehead atoms. The maximum atomic E-state index is 14.1. The van der Waals surface area contributed by atoms with Crippen LogP contribution in [-0.4, -0.2) is 26.7 Å². The standard InChI is InChI=1S/C24H17Cl2FN2O3/c1-13-4-5-16(10-19(13)27)22(30)20-21(15-6-7-17(25)18(26)9-15)29(24(32)23(20)31)12-14-3-2-8-28-11-14/h2-11,21,30H,12H2,1H3/b22-20-. The van der Waals surface area contributed by atoms with Crippen LogP contribution in [0.2, 0.25) is 10.0 Å². The molecule has 1 N–H and O–H groups in total. The quantitative estimate of drug-likeness (QED) is 0.312. The number of rotatable bonds is 4. The summed E-state index contributed by atoms with van der Waals surface area (Å²) >= 11 is 12.2. The number of aliphatic hydroxyl groups is 1. The third kappa shape index (κ3) is 3.99. The highest BCUT2D eigenvalue weighted by molar-refractivity contribution is 6.46. The molecule has 1 saturated heterocycles. The second-order valence-electron chi connectivity index (χ2n) is 7.43. The summed E-state index contributed by atoms with van der Waals surface area (Å²) in [6, 6.07) is 11.4. The lowest BCUT2D eigenvalue weighted by molar-refractivity contribution is -0.140. The van der Waals surface area contributed by atoms with Crippen molar-refractivity contribution >= 4 is 40.7 Å². The fraction of sp³-hybridized carbons (Fsp3) is 0.125. The monoisotopic (exact) mass is 470 g/mol. The van der Waals surface area contributed by atoms with E-state index in [1.165, 1.54) is 17.0 Å². The van der Waals surface area contributed by atoms with Crippen molar-refractivity contribution in [3.05, 3.63) is 105 Å². The summed E-state index contributed by atoms with van der Waals surface area (Å²) < 4.78 is 14.1. The Bertz CT molecular complexity index is 1260. The Labute approximate surface area is 193 Å². The van der Waals surface area contributed by atoms with Gasteiger partial charge in [0.25, 0.3) is 11.7 Å². The van der Waals surface area contributed by atoms with Gasteiger partial charge in [-0.1, -0.05) is 47.5 Å². The van der Waals surface area contributed by atoms with Crippen molar-refractivity contribution in [1.29, 1.82) is 0 Å². The van der Waals surface area contributed by atoms with Crippen molar-refractivity contribution in [2.75, 3.05) is 0 Å². The number of aryl methyl sites for hydroxylation is 1. The molecule has 1 atom stereocenters. The molecule has 1 aliphatic heterocycles. The Morgan fingerprint density at radius 1 is 1.12 bits per heavy atom. The van der Waals surface area contributed by atoms with Crippen LogP contribution in [0.4, 0.5) is 4.39 Å². The minimum absolute atomic E-state index is 0.0718. The van der Waals surface area contributed by atoms with Crippen LogP contribution in [0, 0.1) is 12.7 Å². The average Bonchev–Trinajstić information content (AvgIpc) is 3.02. The molecule has 32 heavy (non-hydrogen) atoms. The van der Waals surface area contributed by atoms with E-state index in [1.807, 2.05) is 0 Å². The van der Waals surface area contributed by atoms with Gasteiger partial charge in [-0.25, -0.2) is 4.39 Å². The van der Waals surface area contributed by atoms with Gasteiger partial charge in [-0.3, -0.25) is 14.6 Å². The second kappa shape index (κ2) is 8.73. The Morgan fingerprint density at radius 3 is 2.56 bits per heavy atom. The van der Waals surface area contributed by atoms with Gasteiger partial charge in [-0.05, 0) is 47.9 Å². The lowest BCUT2D eigenvalue weighted by Gasteiger charge is -2.25. The normalized spacial score (nSPS) is 17.8. The zero-order chi connectivity index (χ0) is 23.0. The van der Waals surface area contributed by atoms with Crippen LogP contribution in [0.1, 0.15) is 28.3 Å². The number of hydrogen-bond donors (Lipinski definition) is 1. The van der Waals surface area contributed by atoms with E-state index in [1.54, 1.807) is 49.6 Å². The fourth-order valence-corrected chi connectivity index (χ4v) is 3.96. The predicted molar refractivity (Wildman–Crippen MR) is 120 cm³/mol. The van der Waals surface area contributed by atoms with Crippen molar-refractivity contribution in [2.24, 2.45) is 0 Å². The van der Waals surface area contributed by atoms with Gasteiger partial charge in [0.15, 0.2) is 0 Å². The average molecular weight is 471 g/mol. The van der Waals surface area contributed by atoms with Crippen LogP contribution in [-0.2, 0) is 16.1 Å². The molecule has 1 aliphatic rings. The molecule has 0 saturated carbocycles. The third-order valence-electron chi connectivity index (χ3n) is 5.32. The van der Waals surface area contributed by atoms with Crippen LogP contribution in [0.25, 0.3) is 5.76 Å². The number of hydrogen-bond acceptors (Lipinski definition) is 4. The van der Waals surface area contributed by atoms with Gasteiger partial charge in [0, 0.05) is 24.5 Å². The first-order valence-electron chi connectivity index (χ1n) is 9.66. The molecule has 2 heterocycles. The largest absolute Gasteiger partial charge is 0.507 e. The Hall–Kier alpha value is -3.22. The molecule has 1 unspecified atom stereocenters. The molecular formula is C24H17Cl2FN2O3. The Balaban J connectivity index is 1.90. The number of halogens is 3. The summed E-state index contributed by atoms with van der Waals surface area (Å²) in [6.45, 7) is 1.66. The van der Waals surface area contributed by atoms with Gasteiger partial charge in [0.05, 0.1) is 21.7 Å².